The first-order valence-electron chi connectivity index (χ1n) is 38.5. The Bertz CT molecular complexity index is 5300. The molecule has 5 heteroatoms. The van der Waals surface area contributed by atoms with Crippen molar-refractivity contribution in [2.24, 2.45) is 0 Å². The maximum atomic E-state index is 6.05. The lowest BCUT2D eigenvalue weighted by atomic mass is 9.34. The molecule has 0 spiro atoms. The van der Waals surface area contributed by atoms with Gasteiger partial charge in [-0.05, 0) is 232 Å². The molecule has 2 aliphatic heterocycles. The lowest BCUT2D eigenvalue weighted by Crippen LogP contribution is -2.59. The van der Waals surface area contributed by atoms with E-state index < -0.39 is 0 Å². The predicted octanol–water partition coefficient (Wildman–Crippen LogP) is 24.8. The van der Waals surface area contributed by atoms with Crippen LogP contribution in [0.25, 0.3) is 133 Å². The van der Waals surface area contributed by atoms with E-state index in [9.17, 15) is 0 Å². The van der Waals surface area contributed by atoms with Gasteiger partial charge in [-0.1, -0.05) is 267 Å². The first-order chi connectivity index (χ1) is 49.6. The summed E-state index contributed by atoms with van der Waals surface area (Å²) >= 11 is 0. The first kappa shape index (κ1) is 65.2. The van der Waals surface area contributed by atoms with Crippen LogP contribution in [0.3, 0.4) is 0 Å². The van der Waals surface area contributed by atoms with Crippen LogP contribution in [-0.2, 0) is 21.7 Å². The van der Waals surface area contributed by atoms with Gasteiger partial charge in [0.25, 0.3) is 6.71 Å². The van der Waals surface area contributed by atoms with Gasteiger partial charge in [-0.15, -0.1) is 0 Å². The van der Waals surface area contributed by atoms with Crippen molar-refractivity contribution in [3.8, 4) is 89.8 Å². The topological polar surface area (TPSA) is 35.6 Å². The van der Waals surface area contributed by atoms with E-state index in [4.69, 9.17) is 9.97 Å². The molecular weight excluding hydrogens is 1240 g/mol. The molecule has 3 aromatic heterocycles. The van der Waals surface area contributed by atoms with Gasteiger partial charge in [-0.25, -0.2) is 9.97 Å². The Kier molecular flexibility index (Phi) is 15.4. The van der Waals surface area contributed by atoms with Gasteiger partial charge in [0.15, 0.2) is 5.82 Å². The summed E-state index contributed by atoms with van der Waals surface area (Å²) in [7, 11) is 0. The van der Waals surface area contributed by atoms with Crippen molar-refractivity contribution < 1.29 is 0 Å². The van der Waals surface area contributed by atoms with Gasteiger partial charge in [0, 0.05) is 60.6 Å². The van der Waals surface area contributed by atoms with Gasteiger partial charge in [0.1, 0.15) is 0 Å². The average molecular weight is 1340 g/mol. The van der Waals surface area contributed by atoms with Crippen molar-refractivity contribution in [2.45, 2.75) is 181 Å². The van der Waals surface area contributed by atoms with Gasteiger partial charge in [0.05, 0.1) is 22.4 Å². The van der Waals surface area contributed by atoms with Crippen LogP contribution in [0.5, 0.6) is 0 Å². The van der Waals surface area contributed by atoms with E-state index in [1.165, 1.54) is 213 Å². The summed E-state index contributed by atoms with van der Waals surface area (Å²) in [6.45, 7) is 28.0. The van der Waals surface area contributed by atoms with Gasteiger partial charge >= 0.3 is 0 Å². The van der Waals surface area contributed by atoms with E-state index in [0.717, 1.165) is 33.9 Å². The van der Waals surface area contributed by atoms with Gasteiger partial charge < -0.3 is 9.13 Å². The summed E-state index contributed by atoms with van der Waals surface area (Å²) in [5.41, 5.74) is 34.2. The Morgan fingerprint density at radius 1 is 0.320 bits per heavy atom. The second-order valence-electron chi connectivity index (χ2n) is 35.1. The maximum absolute atomic E-state index is 6.05. The van der Waals surface area contributed by atoms with Crippen LogP contribution in [0.1, 0.15) is 193 Å². The van der Waals surface area contributed by atoms with Crippen molar-refractivity contribution in [3.63, 3.8) is 0 Å². The molecule has 0 amide bonds. The van der Waals surface area contributed by atoms with Crippen LogP contribution in [0, 0.1) is 0 Å². The van der Waals surface area contributed by atoms with Crippen molar-refractivity contribution >= 4 is 66.7 Å². The number of fused-ring (bicyclic) bond motifs is 10. The quantitative estimate of drug-likeness (QED) is 0.135. The van der Waals surface area contributed by atoms with Crippen LogP contribution in [-0.4, -0.2) is 25.8 Å². The third-order valence-electron chi connectivity index (χ3n) is 24.0. The van der Waals surface area contributed by atoms with Crippen LogP contribution >= 0.6 is 0 Å². The van der Waals surface area contributed by atoms with Gasteiger partial charge in [-0.3, -0.25) is 0 Å². The van der Waals surface area contributed by atoms with E-state index in [1.807, 2.05) is 0 Å². The Labute approximate surface area is 610 Å². The Balaban J connectivity index is 1.04. The van der Waals surface area contributed by atoms with Crippen LogP contribution in [0.4, 0.5) is 0 Å². The lowest BCUT2D eigenvalue weighted by Gasteiger charge is -2.35. The fourth-order valence-electron chi connectivity index (χ4n) is 18.3. The standard InChI is InChI=1S/C98H95BN4/c1-95(2,3)73-43-70(44-74(57-73)96(4,5)6)83-59-84(101-94(100-83)72-45-75(97(7,8)9)58-76(46-72)98(10,11)12)71-55-87-91-88(56-71)103-86-54-69(63-37-25-16-26-38-63)48-78(65-41-29-18-30-42-65)90(86)80-50-67(61-33-21-14-22-34-61)52-82(93(80)103)99(91)81-51-66(60-31-19-13-20-32-60)49-79-89-77(64-39-27-17-28-40-64)47-68(62-35-23-15-24-36-62)53-85(89)102(87)92(79)81/h15-18,23-30,35-61H,13-14,19-22,31-34H2,1-12H3. The number of hydrogen-bond donors (Lipinski definition) is 0. The molecule has 0 radical (unpaired) electrons. The highest BCUT2D eigenvalue weighted by Crippen LogP contribution is 2.50. The molecular formula is C98H95BN4. The SMILES string of the molecule is CC(C)(C)c1cc(-c2cc(-c3cc4c5c(c3)-n3c6cc(-c7ccccc7)cc(-c7ccccc7)c6c6cc(C7CCCCC7)cc(c63)B5c3cc(C5CCCCC5)cc5c6c(-c7ccccc7)cc(-c7ccccc7)cc6n-4c35)nc(-c3cc(C(C)(C)C)cc(C(C)(C)C)c3)n2)cc(C(C)(C)C)c1. The molecule has 18 rings (SSSR count). The molecule has 0 bridgehead atoms. The number of nitrogens with zero attached hydrogens (tertiary/aromatic N) is 4. The fourth-order valence-corrected chi connectivity index (χ4v) is 18.3. The monoisotopic (exact) mass is 1340 g/mol. The minimum Gasteiger partial charge on any atom is -0.310 e. The summed E-state index contributed by atoms with van der Waals surface area (Å²) in [6, 6.07) is 87.8. The molecule has 0 unspecified atom stereocenters. The molecule has 11 aromatic carbocycles. The van der Waals surface area contributed by atoms with E-state index in [1.54, 1.807) is 0 Å². The van der Waals surface area contributed by atoms with Crippen LogP contribution in [0.15, 0.2) is 224 Å². The Hall–Kier alpha value is -9.84. The second-order valence-corrected chi connectivity index (χ2v) is 35.1. The first-order valence-corrected chi connectivity index (χ1v) is 38.5. The molecule has 4 nitrogen and oxygen atoms in total. The molecule has 0 saturated heterocycles. The van der Waals surface area contributed by atoms with Crippen molar-refractivity contribution in [1.82, 2.24) is 19.1 Å². The van der Waals surface area contributed by atoms with Crippen molar-refractivity contribution in [1.29, 1.82) is 0 Å². The molecule has 0 atom stereocenters. The van der Waals surface area contributed by atoms with Gasteiger partial charge in [0.2, 0.25) is 0 Å². The number of benzene rings is 11. The highest BCUT2D eigenvalue weighted by molar-refractivity contribution is 7.00. The summed E-state index contributed by atoms with van der Waals surface area (Å²) in [5.74, 6) is 1.68. The number of hydrogen-bond acceptors (Lipinski definition) is 2. The average Bonchev–Trinajstić information content (AvgIpc) is 1.54. The molecule has 0 N–H and O–H groups in total. The van der Waals surface area contributed by atoms with Crippen molar-refractivity contribution in [3.05, 3.63) is 258 Å². The number of rotatable bonds is 9. The maximum Gasteiger partial charge on any atom is 0.252 e. The van der Waals surface area contributed by atoms with Crippen molar-refractivity contribution in [2.75, 3.05) is 0 Å². The normalized spacial score (nSPS) is 15.1. The zero-order chi connectivity index (χ0) is 70.6. The van der Waals surface area contributed by atoms with Crippen LogP contribution < -0.4 is 16.4 Å². The second kappa shape index (κ2) is 24.4. The zero-order valence-corrected chi connectivity index (χ0v) is 62.5. The third kappa shape index (κ3) is 11.2. The minimum absolute atomic E-state index is 0.0873. The highest BCUT2D eigenvalue weighted by Gasteiger charge is 2.44. The predicted molar refractivity (Wildman–Crippen MR) is 440 cm³/mol. The van der Waals surface area contributed by atoms with Crippen LogP contribution in [0.2, 0.25) is 0 Å². The summed E-state index contributed by atoms with van der Waals surface area (Å²) in [5, 5.41) is 5.33. The summed E-state index contributed by atoms with van der Waals surface area (Å²) in [4.78, 5) is 11.9. The fraction of sp³-hybridized carbons (Fsp3) is 0.286. The third-order valence-corrected chi connectivity index (χ3v) is 24.0. The largest absolute Gasteiger partial charge is 0.310 e. The van der Waals surface area contributed by atoms with E-state index >= 15 is 0 Å². The zero-order valence-electron chi connectivity index (χ0n) is 62.5. The smallest absolute Gasteiger partial charge is 0.252 e. The molecule has 103 heavy (non-hydrogen) atoms. The molecule has 4 aliphatic rings. The van der Waals surface area contributed by atoms with E-state index in [-0.39, 0.29) is 28.4 Å². The minimum atomic E-state index is -0.130. The molecule has 14 aromatic rings. The number of aromatic nitrogens is 4. The summed E-state index contributed by atoms with van der Waals surface area (Å²) in [6.07, 6.45) is 12.5. The Morgan fingerprint density at radius 2 is 0.670 bits per heavy atom. The Morgan fingerprint density at radius 3 is 1.04 bits per heavy atom. The molecule has 2 fully saturated rings. The molecule has 5 heterocycles. The molecule has 510 valence electrons. The van der Waals surface area contributed by atoms with Gasteiger partial charge in [-0.2, -0.15) is 0 Å². The molecule has 2 aliphatic carbocycles. The van der Waals surface area contributed by atoms with E-state index in [0.29, 0.717) is 11.8 Å². The van der Waals surface area contributed by atoms with E-state index in [2.05, 4.69) is 317 Å². The highest BCUT2D eigenvalue weighted by atomic mass is 15.0. The molecule has 2 saturated carbocycles. The summed E-state index contributed by atoms with van der Waals surface area (Å²) < 4.78 is 5.53. The lowest BCUT2D eigenvalue weighted by molar-refractivity contribution is 0.444.